The standard InChI is InChI=1S/C24H28FN3O2/c1-26(2)22-8-4-3-7-20(22)24(30)28-14-5-6-18-16-27(15-13-21(18)28)23(29)17-9-11-19(25)12-10-17/h3-4,7-12,18,21H,5-6,13-16H2,1-2H3/t18-,21+/m1/s1. The highest BCUT2D eigenvalue weighted by atomic mass is 19.1. The van der Waals surface area contributed by atoms with Crippen molar-refractivity contribution in [1.82, 2.24) is 9.80 Å². The molecule has 158 valence electrons. The first-order chi connectivity index (χ1) is 14.5. The fourth-order valence-corrected chi connectivity index (χ4v) is 4.81. The van der Waals surface area contributed by atoms with Crippen LogP contribution in [-0.4, -0.2) is 61.4 Å². The number of para-hydroxylation sites is 1. The van der Waals surface area contributed by atoms with Crippen LogP contribution in [0.5, 0.6) is 0 Å². The number of anilines is 1. The summed E-state index contributed by atoms with van der Waals surface area (Å²) in [6.07, 6.45) is 2.72. The summed E-state index contributed by atoms with van der Waals surface area (Å²) in [5.41, 5.74) is 2.17. The van der Waals surface area contributed by atoms with E-state index < -0.39 is 0 Å². The minimum Gasteiger partial charge on any atom is -0.377 e. The second kappa shape index (κ2) is 8.46. The van der Waals surface area contributed by atoms with Gasteiger partial charge in [-0.1, -0.05) is 12.1 Å². The largest absolute Gasteiger partial charge is 0.377 e. The maximum absolute atomic E-state index is 13.4. The van der Waals surface area contributed by atoms with Crippen molar-refractivity contribution in [3.05, 3.63) is 65.5 Å². The Hall–Kier alpha value is -2.89. The lowest BCUT2D eigenvalue weighted by atomic mass is 9.83. The Labute approximate surface area is 177 Å². The predicted molar refractivity (Wildman–Crippen MR) is 115 cm³/mol. The average Bonchev–Trinajstić information content (AvgIpc) is 2.77. The van der Waals surface area contributed by atoms with Crippen molar-refractivity contribution in [1.29, 1.82) is 0 Å². The number of likely N-dealkylation sites (tertiary alicyclic amines) is 2. The number of carbonyl (C=O) groups excluding carboxylic acids is 2. The molecule has 4 rings (SSSR count). The molecule has 2 aromatic carbocycles. The Morgan fingerprint density at radius 1 is 0.967 bits per heavy atom. The molecule has 6 heteroatoms. The molecular formula is C24H28FN3O2. The van der Waals surface area contributed by atoms with Crippen LogP contribution in [0, 0.1) is 11.7 Å². The predicted octanol–water partition coefficient (Wildman–Crippen LogP) is 3.66. The summed E-state index contributed by atoms with van der Waals surface area (Å²) in [6.45, 7) is 2.00. The fourth-order valence-electron chi connectivity index (χ4n) is 4.81. The van der Waals surface area contributed by atoms with E-state index in [1.54, 1.807) is 12.1 Å². The first-order valence-corrected chi connectivity index (χ1v) is 10.6. The van der Waals surface area contributed by atoms with Gasteiger partial charge in [0.25, 0.3) is 11.8 Å². The van der Waals surface area contributed by atoms with Gasteiger partial charge in [-0.05, 0) is 61.6 Å². The third kappa shape index (κ3) is 3.91. The van der Waals surface area contributed by atoms with Gasteiger partial charge in [-0.25, -0.2) is 4.39 Å². The quantitative estimate of drug-likeness (QED) is 0.777. The van der Waals surface area contributed by atoms with Gasteiger partial charge in [0.2, 0.25) is 0 Å². The molecule has 2 saturated heterocycles. The summed E-state index contributed by atoms with van der Waals surface area (Å²) in [5, 5.41) is 0. The van der Waals surface area contributed by atoms with Crippen molar-refractivity contribution >= 4 is 17.5 Å². The van der Waals surface area contributed by atoms with Crippen LogP contribution in [-0.2, 0) is 0 Å². The van der Waals surface area contributed by atoms with Crippen LogP contribution in [0.4, 0.5) is 10.1 Å². The van der Waals surface area contributed by atoms with Gasteiger partial charge >= 0.3 is 0 Å². The number of rotatable bonds is 3. The molecule has 2 aliphatic heterocycles. The number of halogens is 1. The number of benzene rings is 2. The molecule has 0 spiro atoms. The third-order valence-corrected chi connectivity index (χ3v) is 6.32. The first kappa shape index (κ1) is 20.4. The van der Waals surface area contributed by atoms with Crippen molar-refractivity contribution in [2.24, 2.45) is 5.92 Å². The van der Waals surface area contributed by atoms with Crippen LogP contribution in [0.3, 0.4) is 0 Å². The molecule has 2 aromatic rings. The van der Waals surface area contributed by atoms with E-state index in [1.165, 1.54) is 12.1 Å². The second-order valence-electron chi connectivity index (χ2n) is 8.43. The van der Waals surface area contributed by atoms with Crippen molar-refractivity contribution in [3.63, 3.8) is 0 Å². The Bertz CT molecular complexity index is 928. The highest BCUT2D eigenvalue weighted by molar-refractivity contribution is 6.00. The number of hydrogen-bond acceptors (Lipinski definition) is 3. The van der Waals surface area contributed by atoms with Gasteiger partial charge in [-0.15, -0.1) is 0 Å². The molecule has 0 N–H and O–H groups in total. The summed E-state index contributed by atoms with van der Waals surface area (Å²) in [4.78, 5) is 32.1. The molecule has 2 aliphatic rings. The number of hydrogen-bond donors (Lipinski definition) is 0. The van der Waals surface area contributed by atoms with Crippen molar-refractivity contribution in [2.45, 2.75) is 25.3 Å². The van der Waals surface area contributed by atoms with Gasteiger partial charge in [0.15, 0.2) is 0 Å². The topological polar surface area (TPSA) is 43.9 Å². The van der Waals surface area contributed by atoms with Crippen molar-refractivity contribution in [2.75, 3.05) is 38.6 Å². The lowest BCUT2D eigenvalue weighted by Gasteiger charge is -2.47. The first-order valence-electron chi connectivity index (χ1n) is 10.6. The molecule has 30 heavy (non-hydrogen) atoms. The summed E-state index contributed by atoms with van der Waals surface area (Å²) in [6, 6.07) is 13.6. The molecular weight excluding hydrogens is 381 g/mol. The average molecular weight is 410 g/mol. The lowest BCUT2D eigenvalue weighted by Crippen LogP contribution is -2.56. The van der Waals surface area contributed by atoms with Crippen LogP contribution in [0.25, 0.3) is 0 Å². The van der Waals surface area contributed by atoms with Crippen molar-refractivity contribution < 1.29 is 14.0 Å². The van der Waals surface area contributed by atoms with Gasteiger partial charge in [0.1, 0.15) is 5.82 Å². The Balaban J connectivity index is 1.50. The van der Waals surface area contributed by atoms with Crippen molar-refractivity contribution in [3.8, 4) is 0 Å². The summed E-state index contributed by atoms with van der Waals surface area (Å²) >= 11 is 0. The lowest BCUT2D eigenvalue weighted by molar-refractivity contribution is 0.0198. The molecule has 2 heterocycles. The molecule has 0 radical (unpaired) electrons. The molecule has 0 saturated carbocycles. The Morgan fingerprint density at radius 2 is 1.70 bits per heavy atom. The normalized spacial score (nSPS) is 21.2. The SMILES string of the molecule is CN(C)c1ccccc1C(=O)N1CCC[C@@H]2CN(C(=O)c3ccc(F)cc3)CC[C@@H]21. The van der Waals surface area contributed by atoms with Gasteiger partial charge in [-0.2, -0.15) is 0 Å². The molecule has 0 unspecified atom stereocenters. The fraction of sp³-hybridized carbons (Fsp3) is 0.417. The van der Waals surface area contributed by atoms with Crippen LogP contribution in [0.2, 0.25) is 0 Å². The molecule has 0 aliphatic carbocycles. The van der Waals surface area contributed by atoms with Gasteiger partial charge in [0, 0.05) is 51.0 Å². The Morgan fingerprint density at radius 3 is 2.43 bits per heavy atom. The molecule has 5 nitrogen and oxygen atoms in total. The number of amides is 2. The molecule has 2 amide bonds. The van der Waals surface area contributed by atoms with E-state index in [0.29, 0.717) is 18.7 Å². The van der Waals surface area contributed by atoms with E-state index >= 15 is 0 Å². The smallest absolute Gasteiger partial charge is 0.256 e. The van der Waals surface area contributed by atoms with E-state index in [4.69, 9.17) is 0 Å². The third-order valence-electron chi connectivity index (χ3n) is 6.32. The Kier molecular flexibility index (Phi) is 5.75. The highest BCUT2D eigenvalue weighted by Crippen LogP contribution is 2.33. The van der Waals surface area contributed by atoms with E-state index in [2.05, 4.69) is 0 Å². The maximum atomic E-state index is 13.4. The molecule has 2 atom stereocenters. The monoisotopic (exact) mass is 409 g/mol. The summed E-state index contributed by atoms with van der Waals surface area (Å²) in [7, 11) is 3.90. The number of piperidine rings is 2. The summed E-state index contributed by atoms with van der Waals surface area (Å²) < 4.78 is 13.2. The number of nitrogens with zero attached hydrogens (tertiary/aromatic N) is 3. The number of carbonyl (C=O) groups is 2. The molecule has 0 bridgehead atoms. The molecule has 2 fully saturated rings. The van der Waals surface area contributed by atoms with Crippen LogP contribution in [0.1, 0.15) is 40.0 Å². The molecule has 0 aromatic heterocycles. The second-order valence-corrected chi connectivity index (χ2v) is 8.43. The highest BCUT2D eigenvalue weighted by Gasteiger charge is 2.40. The zero-order chi connectivity index (χ0) is 21.3. The van der Waals surface area contributed by atoms with Crippen LogP contribution >= 0.6 is 0 Å². The van der Waals surface area contributed by atoms with E-state index in [9.17, 15) is 14.0 Å². The van der Waals surface area contributed by atoms with Crippen LogP contribution in [0.15, 0.2) is 48.5 Å². The van der Waals surface area contributed by atoms with E-state index in [0.717, 1.165) is 37.1 Å². The summed E-state index contributed by atoms with van der Waals surface area (Å²) in [5.74, 6) is -0.0563. The minimum atomic E-state index is -0.343. The zero-order valence-electron chi connectivity index (χ0n) is 17.6. The van der Waals surface area contributed by atoms with Crippen LogP contribution < -0.4 is 4.90 Å². The van der Waals surface area contributed by atoms with E-state index in [1.807, 2.05) is 53.1 Å². The number of fused-ring (bicyclic) bond motifs is 1. The van der Waals surface area contributed by atoms with Gasteiger partial charge < -0.3 is 14.7 Å². The van der Waals surface area contributed by atoms with E-state index in [-0.39, 0.29) is 29.6 Å². The van der Waals surface area contributed by atoms with Gasteiger partial charge in [0.05, 0.1) is 5.56 Å². The van der Waals surface area contributed by atoms with Gasteiger partial charge in [-0.3, -0.25) is 9.59 Å². The maximum Gasteiger partial charge on any atom is 0.256 e. The minimum absolute atomic E-state index is 0.0603. The zero-order valence-corrected chi connectivity index (χ0v) is 17.6.